The van der Waals surface area contributed by atoms with E-state index >= 15 is 0 Å². The highest BCUT2D eigenvalue weighted by Crippen LogP contribution is 2.54. The summed E-state index contributed by atoms with van der Waals surface area (Å²) in [5, 5.41) is 8.14. The van der Waals surface area contributed by atoms with Crippen LogP contribution in [0.2, 0.25) is 0 Å². The van der Waals surface area contributed by atoms with Crippen LogP contribution in [-0.2, 0) is 17.6 Å². The normalized spacial score (nSPS) is 28.2. The van der Waals surface area contributed by atoms with E-state index in [-0.39, 0.29) is 12.2 Å². The largest absolute Gasteiger partial charge is 0.446 e. The van der Waals surface area contributed by atoms with Crippen molar-refractivity contribution in [1.82, 2.24) is 15.6 Å². The molecule has 1 heterocycles. The number of ether oxygens (including phenoxy) is 1. The molecule has 5 heteroatoms. The van der Waals surface area contributed by atoms with Gasteiger partial charge < -0.3 is 20.4 Å². The summed E-state index contributed by atoms with van der Waals surface area (Å²) in [4.78, 5) is 16.7. The van der Waals surface area contributed by atoms with Crippen molar-refractivity contribution in [3.8, 4) is 0 Å². The number of H-pyrrole nitrogens is 1. The Balaban J connectivity index is 1.13. The van der Waals surface area contributed by atoms with Gasteiger partial charge in [-0.1, -0.05) is 48.5 Å². The average molecular weight is 486 g/mol. The second-order valence-corrected chi connectivity index (χ2v) is 11.9. The highest BCUT2D eigenvalue weighted by molar-refractivity contribution is 5.83. The summed E-state index contributed by atoms with van der Waals surface area (Å²) >= 11 is 0. The number of aromatic nitrogens is 1. The van der Waals surface area contributed by atoms with Gasteiger partial charge in [-0.25, -0.2) is 4.79 Å². The van der Waals surface area contributed by atoms with Gasteiger partial charge in [0.1, 0.15) is 6.10 Å². The monoisotopic (exact) mass is 485 g/mol. The van der Waals surface area contributed by atoms with Crippen LogP contribution >= 0.6 is 0 Å². The van der Waals surface area contributed by atoms with Gasteiger partial charge in [0, 0.05) is 23.6 Å². The Bertz CT molecular complexity index is 1160. The zero-order valence-corrected chi connectivity index (χ0v) is 21.3. The summed E-state index contributed by atoms with van der Waals surface area (Å²) in [5.74, 6) is 2.87. The van der Waals surface area contributed by atoms with Crippen LogP contribution in [0, 0.1) is 23.7 Å². The molecule has 4 saturated carbocycles. The maximum Gasteiger partial charge on any atom is 0.407 e. The molecule has 1 amide bonds. The van der Waals surface area contributed by atoms with Crippen molar-refractivity contribution >= 4 is 17.0 Å². The number of rotatable bonds is 9. The van der Waals surface area contributed by atoms with Crippen LogP contribution in [0.1, 0.15) is 50.2 Å². The number of hydrogen-bond acceptors (Lipinski definition) is 3. The molecule has 3 aromatic rings. The van der Waals surface area contributed by atoms with Crippen LogP contribution in [0.25, 0.3) is 10.9 Å². The van der Waals surface area contributed by atoms with Crippen molar-refractivity contribution in [2.45, 2.75) is 63.5 Å². The Hall–Kier alpha value is -2.79. The molecule has 4 aliphatic carbocycles. The highest BCUT2D eigenvalue weighted by Gasteiger charge is 2.50. The molecule has 0 radical (unpaired) electrons. The maximum atomic E-state index is 13.3. The van der Waals surface area contributed by atoms with Gasteiger partial charge in [-0.05, 0) is 99.3 Å². The maximum absolute atomic E-state index is 13.3. The third-order valence-electron chi connectivity index (χ3n) is 8.99. The SMILES string of the molecule is C[C@](CNCCc1ccccc1)(Cc1c[nH]c2ccccc12)NC(=O)OC1C2CC3CC(C2)CC1C3. The van der Waals surface area contributed by atoms with Crippen LogP contribution in [0.4, 0.5) is 4.79 Å². The van der Waals surface area contributed by atoms with Gasteiger partial charge in [0.05, 0.1) is 5.54 Å². The number of carbonyl (C=O) groups is 1. The minimum absolute atomic E-state index is 0.0983. The van der Waals surface area contributed by atoms with Crippen LogP contribution in [0.15, 0.2) is 60.8 Å². The standard InChI is InChI=1S/C31H39N3O2/c1-31(20-32-12-11-21-7-3-2-4-8-21,18-26-19-33-28-10-6-5-9-27(26)28)34-30(35)36-29-24-14-22-13-23(16-24)17-25(29)15-22/h2-10,19,22-25,29,32-33H,11-18,20H2,1H3,(H,34,35)/t22?,23?,24?,25?,29?,31-/m1/s1. The lowest BCUT2D eigenvalue weighted by molar-refractivity contribution is -0.0971. The predicted octanol–water partition coefficient (Wildman–Crippen LogP) is 5.85. The number of amides is 1. The molecule has 1 aromatic heterocycles. The van der Waals surface area contributed by atoms with E-state index in [1.54, 1.807) is 0 Å². The Morgan fingerprint density at radius 2 is 1.67 bits per heavy atom. The van der Waals surface area contributed by atoms with E-state index in [4.69, 9.17) is 4.74 Å². The molecule has 0 unspecified atom stereocenters. The van der Waals surface area contributed by atoms with Crippen LogP contribution in [0.5, 0.6) is 0 Å². The van der Waals surface area contributed by atoms with E-state index in [1.807, 2.05) is 12.1 Å². The van der Waals surface area contributed by atoms with Gasteiger partial charge in [-0.15, -0.1) is 0 Å². The third kappa shape index (κ3) is 5.04. The zero-order chi connectivity index (χ0) is 24.5. The number of nitrogens with one attached hydrogen (secondary N) is 3. The van der Waals surface area contributed by atoms with Crippen molar-refractivity contribution < 1.29 is 9.53 Å². The van der Waals surface area contributed by atoms with Gasteiger partial charge in [-0.3, -0.25) is 0 Å². The lowest BCUT2D eigenvalue weighted by Gasteiger charge is -2.53. The summed E-state index contributed by atoms with van der Waals surface area (Å²) in [7, 11) is 0. The number of carbonyl (C=O) groups excluding carboxylic acids is 1. The van der Waals surface area contributed by atoms with Crippen molar-refractivity contribution in [3.05, 3.63) is 71.9 Å². The molecule has 36 heavy (non-hydrogen) atoms. The Morgan fingerprint density at radius 3 is 2.42 bits per heavy atom. The Kier molecular flexibility index (Phi) is 6.51. The molecule has 7 rings (SSSR count). The first kappa shape index (κ1) is 23.6. The predicted molar refractivity (Wildman–Crippen MR) is 144 cm³/mol. The van der Waals surface area contributed by atoms with Crippen molar-refractivity contribution in [2.24, 2.45) is 23.7 Å². The Morgan fingerprint density at radius 1 is 0.972 bits per heavy atom. The second-order valence-electron chi connectivity index (χ2n) is 11.9. The minimum atomic E-state index is -0.468. The lowest BCUT2D eigenvalue weighted by atomic mass is 9.55. The molecular weight excluding hydrogens is 446 g/mol. The fourth-order valence-electron chi connectivity index (χ4n) is 7.56. The molecule has 0 saturated heterocycles. The molecule has 190 valence electrons. The van der Waals surface area contributed by atoms with Crippen molar-refractivity contribution in [1.29, 1.82) is 0 Å². The molecule has 3 N–H and O–H groups in total. The highest BCUT2D eigenvalue weighted by atomic mass is 16.6. The van der Waals surface area contributed by atoms with Gasteiger partial charge in [-0.2, -0.15) is 0 Å². The molecule has 1 atom stereocenters. The van der Waals surface area contributed by atoms with E-state index in [0.29, 0.717) is 18.4 Å². The third-order valence-corrected chi connectivity index (χ3v) is 8.99. The lowest BCUT2D eigenvalue weighted by Crippen LogP contribution is -2.57. The Labute approximate surface area is 214 Å². The zero-order valence-electron chi connectivity index (χ0n) is 21.3. The van der Waals surface area contributed by atoms with Gasteiger partial charge in [0.25, 0.3) is 0 Å². The van der Waals surface area contributed by atoms with Crippen molar-refractivity contribution in [2.75, 3.05) is 13.1 Å². The van der Waals surface area contributed by atoms with E-state index in [2.05, 4.69) is 71.2 Å². The summed E-state index contributed by atoms with van der Waals surface area (Å²) < 4.78 is 6.22. The molecular formula is C31H39N3O2. The number of benzene rings is 2. The van der Waals surface area contributed by atoms with Gasteiger partial charge in [0.15, 0.2) is 0 Å². The quantitative estimate of drug-likeness (QED) is 0.333. The smallest absolute Gasteiger partial charge is 0.407 e. The number of alkyl carbamates (subject to hydrolysis) is 1. The molecule has 5 nitrogen and oxygen atoms in total. The number of fused-ring (bicyclic) bond motifs is 1. The van der Waals surface area contributed by atoms with Crippen LogP contribution < -0.4 is 10.6 Å². The average Bonchev–Trinajstić information content (AvgIpc) is 3.27. The van der Waals surface area contributed by atoms with Crippen LogP contribution in [0.3, 0.4) is 0 Å². The number of aromatic amines is 1. The first-order valence-corrected chi connectivity index (χ1v) is 13.8. The molecule has 4 bridgehead atoms. The first-order valence-electron chi connectivity index (χ1n) is 13.8. The molecule has 0 aliphatic heterocycles. The first-order chi connectivity index (χ1) is 17.5. The van der Waals surface area contributed by atoms with E-state index in [9.17, 15) is 4.79 Å². The minimum Gasteiger partial charge on any atom is -0.446 e. The van der Waals surface area contributed by atoms with Crippen molar-refractivity contribution in [3.63, 3.8) is 0 Å². The summed E-state index contributed by atoms with van der Waals surface area (Å²) in [5.41, 5.74) is 3.19. The number of hydrogen-bond donors (Lipinski definition) is 3. The summed E-state index contributed by atoms with van der Waals surface area (Å²) in [6.45, 7) is 3.68. The molecule has 0 spiro atoms. The summed E-state index contributed by atoms with van der Waals surface area (Å²) in [6, 6.07) is 18.9. The fourth-order valence-corrected chi connectivity index (χ4v) is 7.56. The van der Waals surface area contributed by atoms with E-state index in [1.165, 1.54) is 48.6 Å². The van der Waals surface area contributed by atoms with E-state index < -0.39 is 5.54 Å². The van der Waals surface area contributed by atoms with Crippen LogP contribution in [-0.4, -0.2) is 35.8 Å². The molecule has 4 fully saturated rings. The molecule has 2 aromatic carbocycles. The van der Waals surface area contributed by atoms with Gasteiger partial charge in [0.2, 0.25) is 0 Å². The topological polar surface area (TPSA) is 66.2 Å². The fraction of sp³-hybridized carbons (Fsp3) is 0.516. The second kappa shape index (κ2) is 9.93. The molecule has 4 aliphatic rings. The summed E-state index contributed by atoms with van der Waals surface area (Å²) in [6.07, 6.45) is 10.0. The number of para-hydroxylation sites is 1. The van der Waals surface area contributed by atoms with E-state index in [0.717, 1.165) is 36.7 Å². The van der Waals surface area contributed by atoms with Gasteiger partial charge >= 0.3 is 6.09 Å².